The van der Waals surface area contributed by atoms with Gasteiger partial charge < -0.3 is 9.47 Å². The molecule has 2 aromatic rings. The summed E-state index contributed by atoms with van der Waals surface area (Å²) in [6.45, 7) is 1.38. The van der Waals surface area contributed by atoms with Gasteiger partial charge in [-0.15, -0.1) is 0 Å². The highest BCUT2D eigenvalue weighted by Gasteiger charge is 2.16. The number of amides is 1. The number of hydrogen-bond donors (Lipinski definition) is 1. The summed E-state index contributed by atoms with van der Waals surface area (Å²) in [6.07, 6.45) is 0. The molecule has 2 aromatic carbocycles. The van der Waals surface area contributed by atoms with Crippen molar-refractivity contribution in [1.29, 1.82) is 0 Å². The third-order valence-corrected chi connectivity index (χ3v) is 3.58. The highest BCUT2D eigenvalue weighted by Crippen LogP contribution is 2.27. The monoisotopic (exact) mass is 377 g/mol. The average molecular weight is 378 g/mol. The SMILES string of the molecule is COc1ccc(/C(C)=N\NC(=O)COc2ccc(Cl)cc2)cc1[N+](=O)[O-]. The van der Waals surface area contributed by atoms with Crippen molar-refractivity contribution in [3.63, 3.8) is 0 Å². The van der Waals surface area contributed by atoms with Crippen molar-refractivity contribution >= 4 is 28.9 Å². The van der Waals surface area contributed by atoms with Crippen LogP contribution in [0.15, 0.2) is 47.6 Å². The van der Waals surface area contributed by atoms with E-state index in [0.29, 0.717) is 22.0 Å². The molecule has 0 aliphatic carbocycles. The lowest BCUT2D eigenvalue weighted by atomic mass is 10.1. The Hall–Kier alpha value is -3.13. The molecule has 2 rings (SSSR count). The van der Waals surface area contributed by atoms with Crippen molar-refractivity contribution in [3.05, 3.63) is 63.2 Å². The quantitative estimate of drug-likeness (QED) is 0.453. The number of hydrazone groups is 1. The molecule has 26 heavy (non-hydrogen) atoms. The Kier molecular flexibility index (Phi) is 6.51. The molecular formula is C17H16ClN3O5. The summed E-state index contributed by atoms with van der Waals surface area (Å²) in [4.78, 5) is 22.3. The zero-order valence-corrected chi connectivity index (χ0v) is 14.8. The molecule has 0 heterocycles. The molecular weight excluding hydrogens is 362 g/mol. The number of carbonyl (C=O) groups is 1. The van der Waals surface area contributed by atoms with Crippen LogP contribution >= 0.6 is 11.6 Å². The smallest absolute Gasteiger partial charge is 0.311 e. The predicted octanol–water partition coefficient (Wildman–Crippen LogP) is 3.18. The van der Waals surface area contributed by atoms with E-state index in [-0.39, 0.29) is 18.0 Å². The number of benzene rings is 2. The number of nitro benzene ring substituents is 1. The van der Waals surface area contributed by atoms with E-state index < -0.39 is 10.8 Å². The molecule has 0 saturated carbocycles. The molecule has 1 amide bonds. The fraction of sp³-hybridized carbons (Fsp3) is 0.176. The summed E-state index contributed by atoms with van der Waals surface area (Å²) in [5.41, 5.74) is 3.03. The summed E-state index contributed by atoms with van der Waals surface area (Å²) in [7, 11) is 1.35. The number of nitrogens with zero attached hydrogens (tertiary/aromatic N) is 2. The van der Waals surface area contributed by atoms with E-state index in [1.807, 2.05) is 0 Å². The lowest BCUT2D eigenvalue weighted by molar-refractivity contribution is -0.385. The summed E-state index contributed by atoms with van der Waals surface area (Å²) in [5, 5.41) is 15.5. The molecule has 0 aliphatic heterocycles. The van der Waals surface area contributed by atoms with Crippen molar-refractivity contribution in [1.82, 2.24) is 5.43 Å². The number of nitro groups is 1. The molecule has 0 radical (unpaired) electrons. The van der Waals surface area contributed by atoms with Gasteiger partial charge >= 0.3 is 5.69 Å². The van der Waals surface area contributed by atoms with Gasteiger partial charge in [0, 0.05) is 16.7 Å². The van der Waals surface area contributed by atoms with E-state index in [0.717, 1.165) is 0 Å². The minimum Gasteiger partial charge on any atom is -0.490 e. The number of ether oxygens (including phenoxy) is 2. The highest BCUT2D eigenvalue weighted by atomic mass is 35.5. The third-order valence-electron chi connectivity index (χ3n) is 3.33. The maximum absolute atomic E-state index is 11.8. The van der Waals surface area contributed by atoms with Crippen molar-refractivity contribution in [2.24, 2.45) is 5.10 Å². The minimum atomic E-state index is -0.547. The first-order valence-electron chi connectivity index (χ1n) is 7.45. The minimum absolute atomic E-state index is 0.145. The van der Waals surface area contributed by atoms with Crippen LogP contribution in [0.1, 0.15) is 12.5 Å². The van der Waals surface area contributed by atoms with Crippen molar-refractivity contribution in [2.45, 2.75) is 6.92 Å². The van der Waals surface area contributed by atoms with Crippen molar-refractivity contribution < 1.29 is 19.2 Å². The lowest BCUT2D eigenvalue weighted by Gasteiger charge is -2.07. The molecule has 0 bridgehead atoms. The maximum Gasteiger partial charge on any atom is 0.311 e. The van der Waals surface area contributed by atoms with Crippen LogP contribution < -0.4 is 14.9 Å². The fourth-order valence-corrected chi connectivity index (χ4v) is 2.11. The van der Waals surface area contributed by atoms with Gasteiger partial charge in [0.05, 0.1) is 17.7 Å². The molecule has 0 saturated heterocycles. The van der Waals surface area contributed by atoms with Crippen LogP contribution in [0.25, 0.3) is 0 Å². The number of nitrogens with one attached hydrogen (secondary N) is 1. The van der Waals surface area contributed by atoms with Gasteiger partial charge in [0.25, 0.3) is 5.91 Å². The Balaban J connectivity index is 1.98. The van der Waals surface area contributed by atoms with E-state index in [2.05, 4.69) is 10.5 Å². The zero-order valence-electron chi connectivity index (χ0n) is 14.1. The van der Waals surface area contributed by atoms with Crippen LogP contribution in [-0.4, -0.2) is 30.3 Å². The Labute approximate surface area is 154 Å². The van der Waals surface area contributed by atoms with Gasteiger partial charge in [-0.1, -0.05) is 11.6 Å². The second-order valence-electron chi connectivity index (χ2n) is 5.12. The normalized spacial score (nSPS) is 11.0. The van der Waals surface area contributed by atoms with Crippen LogP contribution in [0.5, 0.6) is 11.5 Å². The highest BCUT2D eigenvalue weighted by molar-refractivity contribution is 6.30. The molecule has 136 valence electrons. The third kappa shape index (κ3) is 5.18. The fourth-order valence-electron chi connectivity index (χ4n) is 1.98. The van der Waals surface area contributed by atoms with Gasteiger partial charge in [0.15, 0.2) is 12.4 Å². The largest absolute Gasteiger partial charge is 0.490 e. The summed E-state index contributed by atoms with van der Waals surface area (Å²) in [6, 6.07) is 11.0. The Morgan fingerprint density at radius 3 is 2.58 bits per heavy atom. The summed E-state index contributed by atoms with van der Waals surface area (Å²) >= 11 is 5.76. The molecule has 0 aromatic heterocycles. The number of hydrogen-bond acceptors (Lipinski definition) is 6. The van der Waals surface area contributed by atoms with E-state index in [9.17, 15) is 14.9 Å². The molecule has 0 spiro atoms. The first-order valence-corrected chi connectivity index (χ1v) is 7.83. The standard InChI is InChI=1S/C17H16ClN3O5/c1-11(12-3-8-16(25-2)15(9-12)21(23)24)19-20-17(22)10-26-14-6-4-13(18)5-7-14/h3-9H,10H2,1-2H3,(H,20,22)/b19-11-. The van der Waals surface area contributed by atoms with Gasteiger partial charge in [-0.05, 0) is 43.3 Å². The van der Waals surface area contributed by atoms with Crippen LogP contribution in [0, 0.1) is 10.1 Å². The zero-order chi connectivity index (χ0) is 19.1. The van der Waals surface area contributed by atoms with Crippen LogP contribution in [0.2, 0.25) is 5.02 Å². The van der Waals surface area contributed by atoms with Crippen LogP contribution in [-0.2, 0) is 4.79 Å². The first kappa shape index (κ1) is 19.2. The molecule has 0 aliphatic rings. The molecule has 0 unspecified atom stereocenters. The van der Waals surface area contributed by atoms with E-state index >= 15 is 0 Å². The van der Waals surface area contributed by atoms with Gasteiger partial charge in [0.2, 0.25) is 0 Å². The number of carbonyl (C=O) groups excluding carboxylic acids is 1. The second kappa shape index (κ2) is 8.82. The summed E-state index contributed by atoms with van der Waals surface area (Å²) in [5.74, 6) is 0.172. The number of methoxy groups -OCH3 is 1. The average Bonchev–Trinajstić information content (AvgIpc) is 2.65. The summed E-state index contributed by atoms with van der Waals surface area (Å²) < 4.78 is 10.2. The van der Waals surface area contributed by atoms with Gasteiger partial charge in [-0.3, -0.25) is 14.9 Å². The van der Waals surface area contributed by atoms with Crippen LogP contribution in [0.3, 0.4) is 0 Å². The topological polar surface area (TPSA) is 103 Å². The molecule has 9 heteroatoms. The second-order valence-corrected chi connectivity index (χ2v) is 5.55. The van der Waals surface area contributed by atoms with Crippen molar-refractivity contribution in [2.75, 3.05) is 13.7 Å². The van der Waals surface area contributed by atoms with E-state index in [4.69, 9.17) is 21.1 Å². The molecule has 0 atom stereocenters. The first-order chi connectivity index (χ1) is 12.4. The Morgan fingerprint density at radius 2 is 1.96 bits per heavy atom. The van der Waals surface area contributed by atoms with Gasteiger partial charge in [0.1, 0.15) is 5.75 Å². The van der Waals surface area contributed by atoms with Gasteiger partial charge in [-0.2, -0.15) is 5.10 Å². The lowest BCUT2D eigenvalue weighted by Crippen LogP contribution is -2.25. The Morgan fingerprint density at radius 1 is 1.27 bits per heavy atom. The van der Waals surface area contributed by atoms with Crippen molar-refractivity contribution in [3.8, 4) is 11.5 Å². The number of halogens is 1. The van der Waals surface area contributed by atoms with E-state index in [1.165, 1.54) is 19.2 Å². The molecule has 1 N–H and O–H groups in total. The van der Waals surface area contributed by atoms with Crippen LogP contribution in [0.4, 0.5) is 5.69 Å². The Bertz CT molecular complexity index is 837. The predicted molar refractivity (Wildman–Crippen MR) is 96.9 cm³/mol. The number of rotatable bonds is 7. The molecule has 8 nitrogen and oxygen atoms in total. The van der Waals surface area contributed by atoms with E-state index in [1.54, 1.807) is 37.3 Å². The maximum atomic E-state index is 11.8. The molecule has 0 fully saturated rings. The van der Waals surface area contributed by atoms with Gasteiger partial charge in [-0.25, -0.2) is 5.43 Å².